The summed E-state index contributed by atoms with van der Waals surface area (Å²) in [6, 6.07) is 18.4. The van der Waals surface area contributed by atoms with Crippen molar-refractivity contribution >= 4 is 29.2 Å². The normalized spacial score (nSPS) is 14.5. The van der Waals surface area contributed by atoms with Crippen LogP contribution >= 0.6 is 12.4 Å². The first-order valence-corrected chi connectivity index (χ1v) is 11.7. The zero-order valence-corrected chi connectivity index (χ0v) is 20.4. The Morgan fingerprint density at radius 1 is 1.06 bits per heavy atom. The number of carbonyl (C=O) groups is 1. The van der Waals surface area contributed by atoms with E-state index in [-0.39, 0.29) is 23.9 Å². The lowest BCUT2D eigenvalue weighted by Gasteiger charge is -2.37. The first kappa shape index (κ1) is 25.0. The molecule has 1 N–H and O–H groups in total. The lowest BCUT2D eigenvalue weighted by Crippen LogP contribution is -2.46. The number of nitrogens with zero attached hydrogens (tertiary/aromatic N) is 2. The van der Waals surface area contributed by atoms with Gasteiger partial charge < -0.3 is 14.8 Å². The number of nitrogens with one attached hydrogen (secondary N) is 1. The number of hydrogen-bond acceptors (Lipinski definition) is 3. The van der Waals surface area contributed by atoms with Gasteiger partial charge >= 0.3 is 0 Å². The highest BCUT2D eigenvalue weighted by atomic mass is 35.5. The first-order chi connectivity index (χ1) is 15.5. The molecule has 33 heavy (non-hydrogen) atoms. The number of halogens is 1. The summed E-state index contributed by atoms with van der Waals surface area (Å²) in [6.07, 6.45) is 4.85. The van der Waals surface area contributed by atoms with E-state index < -0.39 is 0 Å². The average Bonchev–Trinajstić information content (AvgIpc) is 2.83. The van der Waals surface area contributed by atoms with Crippen molar-refractivity contribution in [1.82, 2.24) is 14.8 Å². The van der Waals surface area contributed by atoms with Crippen LogP contribution in [0.1, 0.15) is 47.7 Å². The molecule has 1 aliphatic heterocycles. The molecule has 4 rings (SSSR count). The molecule has 1 aliphatic rings. The van der Waals surface area contributed by atoms with Crippen LogP contribution in [-0.4, -0.2) is 53.4 Å². The van der Waals surface area contributed by atoms with E-state index in [1.165, 1.54) is 11.6 Å². The van der Waals surface area contributed by atoms with E-state index in [0.717, 1.165) is 73.8 Å². The monoisotopic (exact) mass is 467 g/mol. The molecule has 0 aliphatic carbocycles. The molecule has 0 bridgehead atoms. The summed E-state index contributed by atoms with van der Waals surface area (Å²) >= 11 is 0. The number of aromatic amines is 1. The number of hydrogen-bond donors (Lipinski definition) is 1. The Morgan fingerprint density at radius 3 is 2.48 bits per heavy atom. The molecule has 0 unspecified atom stereocenters. The summed E-state index contributed by atoms with van der Waals surface area (Å²) in [5.41, 5.74) is 3.89. The molecule has 0 radical (unpaired) electrons. The van der Waals surface area contributed by atoms with E-state index in [4.69, 9.17) is 0 Å². The Balaban J connectivity index is 0.00000306. The van der Waals surface area contributed by atoms with E-state index >= 15 is 0 Å². The summed E-state index contributed by atoms with van der Waals surface area (Å²) in [6.45, 7) is 4.71. The summed E-state index contributed by atoms with van der Waals surface area (Å²) in [5.74, 6) is 0.0980. The Kier molecular flexibility index (Phi) is 8.70. The van der Waals surface area contributed by atoms with Crippen LogP contribution in [-0.2, 0) is 12.8 Å². The third kappa shape index (κ3) is 6.04. The van der Waals surface area contributed by atoms with Gasteiger partial charge in [0.25, 0.3) is 5.91 Å². The maximum Gasteiger partial charge on any atom is 0.253 e. The van der Waals surface area contributed by atoms with Gasteiger partial charge in [-0.2, -0.15) is 0 Å². The van der Waals surface area contributed by atoms with Crippen molar-refractivity contribution in [3.8, 4) is 0 Å². The highest BCUT2D eigenvalue weighted by molar-refractivity contribution is 5.99. The van der Waals surface area contributed by atoms with Crippen LogP contribution in [0.5, 0.6) is 0 Å². The Bertz CT molecular complexity index is 1120. The molecule has 1 aromatic heterocycles. The van der Waals surface area contributed by atoms with Crippen LogP contribution in [0, 0.1) is 0 Å². The van der Waals surface area contributed by atoms with Crippen LogP contribution in [0.3, 0.4) is 0 Å². The van der Waals surface area contributed by atoms with E-state index in [0.29, 0.717) is 6.04 Å². The van der Waals surface area contributed by atoms with Crippen molar-refractivity contribution in [2.45, 2.75) is 45.1 Å². The van der Waals surface area contributed by atoms with Crippen LogP contribution in [0.4, 0.5) is 0 Å². The van der Waals surface area contributed by atoms with Gasteiger partial charge in [0, 0.05) is 37.3 Å². The fraction of sp³-hybridized carbons (Fsp3) is 0.407. The van der Waals surface area contributed by atoms with E-state index in [9.17, 15) is 9.59 Å². The highest BCUT2D eigenvalue weighted by Gasteiger charge is 2.26. The molecule has 1 saturated heterocycles. The molecular weight excluding hydrogens is 434 g/mol. The van der Waals surface area contributed by atoms with Crippen LogP contribution in [0.25, 0.3) is 10.9 Å². The summed E-state index contributed by atoms with van der Waals surface area (Å²) < 4.78 is 0. The Hall–Kier alpha value is -2.63. The second-order valence-electron chi connectivity index (χ2n) is 8.91. The number of likely N-dealkylation sites (N-methyl/N-ethyl adjacent to an activating group) is 1. The molecule has 2 aromatic carbocycles. The predicted molar refractivity (Wildman–Crippen MR) is 138 cm³/mol. The van der Waals surface area contributed by atoms with Crippen molar-refractivity contribution in [3.05, 3.63) is 81.6 Å². The number of aromatic nitrogens is 1. The maximum atomic E-state index is 13.3. The van der Waals surface area contributed by atoms with Gasteiger partial charge in [-0.15, -0.1) is 12.4 Å². The highest BCUT2D eigenvalue weighted by Crippen LogP contribution is 2.23. The number of rotatable bonds is 7. The minimum Gasteiger partial charge on any atom is -0.339 e. The number of H-pyrrole nitrogens is 1. The molecule has 5 nitrogen and oxygen atoms in total. The zero-order valence-electron chi connectivity index (χ0n) is 19.5. The van der Waals surface area contributed by atoms with Gasteiger partial charge in [-0.1, -0.05) is 43.7 Å². The van der Waals surface area contributed by atoms with Gasteiger partial charge in [0.15, 0.2) is 0 Å². The van der Waals surface area contributed by atoms with E-state index in [1.807, 2.05) is 23.1 Å². The SMILES string of the molecule is CCCc1cc(C(=O)N2CCC(N(C)CCc3ccccc3)CC2)cc2ccc(=O)[nH]c12.Cl. The van der Waals surface area contributed by atoms with Crippen LogP contribution in [0.15, 0.2) is 59.4 Å². The average molecular weight is 468 g/mol. The van der Waals surface area contributed by atoms with Gasteiger partial charge in [-0.3, -0.25) is 9.59 Å². The third-order valence-corrected chi connectivity index (χ3v) is 6.65. The standard InChI is InChI=1S/C27H33N3O2.ClH/c1-3-7-21-18-23(19-22-10-11-25(31)28-26(21)22)27(32)30-16-13-24(14-17-30)29(2)15-12-20-8-5-4-6-9-20;/h4-6,8-11,18-19,24H,3,7,12-17H2,1-2H3,(H,28,31);1H. The first-order valence-electron chi connectivity index (χ1n) is 11.7. The van der Waals surface area contributed by atoms with Gasteiger partial charge in [-0.25, -0.2) is 0 Å². The second kappa shape index (κ2) is 11.5. The van der Waals surface area contributed by atoms with Crippen LogP contribution < -0.4 is 5.56 Å². The Labute approximate surface area is 202 Å². The lowest BCUT2D eigenvalue weighted by atomic mass is 9.99. The fourth-order valence-corrected chi connectivity index (χ4v) is 4.76. The molecular formula is C27H34ClN3O2. The van der Waals surface area contributed by atoms with Crippen molar-refractivity contribution in [2.75, 3.05) is 26.7 Å². The van der Waals surface area contributed by atoms with E-state index in [1.54, 1.807) is 0 Å². The Morgan fingerprint density at radius 2 is 1.79 bits per heavy atom. The second-order valence-corrected chi connectivity index (χ2v) is 8.91. The number of aryl methyl sites for hydroxylation is 1. The van der Waals surface area contributed by atoms with Crippen molar-refractivity contribution in [2.24, 2.45) is 0 Å². The molecule has 2 heterocycles. The fourth-order valence-electron chi connectivity index (χ4n) is 4.76. The molecule has 1 fully saturated rings. The minimum absolute atomic E-state index is 0. The van der Waals surface area contributed by atoms with Gasteiger partial charge in [0.1, 0.15) is 0 Å². The summed E-state index contributed by atoms with van der Waals surface area (Å²) in [7, 11) is 2.20. The summed E-state index contributed by atoms with van der Waals surface area (Å²) in [5, 5.41) is 0.925. The molecule has 1 amide bonds. The smallest absolute Gasteiger partial charge is 0.253 e. The number of amides is 1. The molecule has 176 valence electrons. The number of piperidine rings is 1. The van der Waals surface area contributed by atoms with Gasteiger partial charge in [-0.05, 0) is 67.4 Å². The van der Waals surface area contributed by atoms with Gasteiger partial charge in [0.2, 0.25) is 5.56 Å². The molecule has 0 atom stereocenters. The van der Waals surface area contributed by atoms with Crippen LogP contribution in [0.2, 0.25) is 0 Å². The largest absolute Gasteiger partial charge is 0.339 e. The molecule has 0 saturated carbocycles. The predicted octanol–water partition coefficient (Wildman–Crippen LogP) is 4.68. The lowest BCUT2D eigenvalue weighted by molar-refractivity contribution is 0.0647. The molecule has 6 heteroatoms. The number of likely N-dealkylation sites (tertiary alicyclic amines) is 1. The van der Waals surface area contributed by atoms with E-state index in [2.05, 4.69) is 54.2 Å². The summed E-state index contributed by atoms with van der Waals surface area (Å²) in [4.78, 5) is 32.5. The number of carbonyl (C=O) groups excluding carboxylic acids is 1. The van der Waals surface area contributed by atoms with Crippen molar-refractivity contribution in [3.63, 3.8) is 0 Å². The number of fused-ring (bicyclic) bond motifs is 1. The van der Waals surface area contributed by atoms with Gasteiger partial charge in [0.05, 0.1) is 5.52 Å². The quantitative estimate of drug-likeness (QED) is 0.548. The zero-order chi connectivity index (χ0) is 22.5. The number of pyridine rings is 1. The third-order valence-electron chi connectivity index (χ3n) is 6.65. The topological polar surface area (TPSA) is 56.4 Å². The molecule has 0 spiro atoms. The van der Waals surface area contributed by atoms with Crippen molar-refractivity contribution < 1.29 is 4.79 Å². The minimum atomic E-state index is -0.104. The molecule has 3 aromatic rings. The van der Waals surface area contributed by atoms with Crippen molar-refractivity contribution in [1.29, 1.82) is 0 Å². The maximum absolute atomic E-state index is 13.3. The number of benzene rings is 2.